The molecule has 3 rings (SSSR count). The molecular weight excluding hydrogens is 280 g/mol. The normalized spacial score (nSPS) is 18.2. The monoisotopic (exact) mass is 298 g/mol. The van der Waals surface area contributed by atoms with Crippen molar-refractivity contribution in [2.75, 3.05) is 13.1 Å². The third-order valence-corrected chi connectivity index (χ3v) is 3.96. The molecule has 0 bridgehead atoms. The number of hydrogen-bond acceptors (Lipinski definition) is 4. The molecule has 1 aliphatic heterocycles. The van der Waals surface area contributed by atoms with Gasteiger partial charge < -0.3 is 9.88 Å². The number of carbonyl (C=O) groups excluding carboxylic acids is 1. The van der Waals surface area contributed by atoms with E-state index in [1.54, 1.807) is 19.2 Å². The van der Waals surface area contributed by atoms with Gasteiger partial charge in [0, 0.05) is 48.2 Å². The molecule has 3 heterocycles. The van der Waals surface area contributed by atoms with E-state index in [9.17, 15) is 9.59 Å². The topological polar surface area (TPSA) is 79.0 Å². The summed E-state index contributed by atoms with van der Waals surface area (Å²) in [5.41, 5.74) is 1.87. The average Bonchev–Trinajstić information content (AvgIpc) is 2.54. The number of piperidine rings is 1. The number of H-pyrrole nitrogens is 1. The highest BCUT2D eigenvalue weighted by atomic mass is 16.2. The summed E-state index contributed by atoms with van der Waals surface area (Å²) in [5, 5.41) is 0. The number of nitrogens with one attached hydrogen (secondary N) is 1. The molecule has 2 aromatic rings. The van der Waals surface area contributed by atoms with Gasteiger partial charge in [-0.05, 0) is 31.9 Å². The first-order chi connectivity index (χ1) is 10.6. The Morgan fingerprint density at radius 3 is 3.00 bits per heavy atom. The van der Waals surface area contributed by atoms with Crippen LogP contribution in [0.4, 0.5) is 0 Å². The van der Waals surface area contributed by atoms with Gasteiger partial charge in [-0.2, -0.15) is 0 Å². The second-order valence-corrected chi connectivity index (χ2v) is 5.64. The summed E-state index contributed by atoms with van der Waals surface area (Å²) in [4.78, 5) is 36.9. The zero-order chi connectivity index (χ0) is 15.5. The molecule has 0 aliphatic carbocycles. The van der Waals surface area contributed by atoms with Gasteiger partial charge in [0.1, 0.15) is 6.33 Å². The fourth-order valence-electron chi connectivity index (χ4n) is 2.93. The molecule has 1 atom stereocenters. The molecule has 22 heavy (non-hydrogen) atoms. The number of aromatic nitrogens is 3. The van der Waals surface area contributed by atoms with Gasteiger partial charge in [0.2, 0.25) is 5.56 Å². The lowest BCUT2D eigenvalue weighted by Gasteiger charge is -2.32. The third-order valence-electron chi connectivity index (χ3n) is 3.96. The second kappa shape index (κ2) is 6.09. The van der Waals surface area contributed by atoms with Crippen molar-refractivity contribution < 1.29 is 4.79 Å². The van der Waals surface area contributed by atoms with Crippen molar-refractivity contribution in [3.8, 4) is 0 Å². The smallest absolute Gasteiger partial charge is 0.254 e. The molecule has 6 nitrogen and oxygen atoms in total. The first-order valence-corrected chi connectivity index (χ1v) is 7.39. The predicted molar refractivity (Wildman–Crippen MR) is 81.7 cm³/mol. The summed E-state index contributed by atoms with van der Waals surface area (Å²) >= 11 is 0. The Morgan fingerprint density at radius 1 is 1.41 bits per heavy atom. The van der Waals surface area contributed by atoms with E-state index in [4.69, 9.17) is 0 Å². The molecule has 2 aromatic heterocycles. The van der Waals surface area contributed by atoms with Crippen molar-refractivity contribution in [1.82, 2.24) is 19.9 Å². The second-order valence-electron chi connectivity index (χ2n) is 5.64. The highest BCUT2D eigenvalue weighted by molar-refractivity contribution is 5.94. The van der Waals surface area contributed by atoms with E-state index < -0.39 is 0 Å². The lowest BCUT2D eigenvalue weighted by atomic mass is 9.94. The van der Waals surface area contributed by atoms with Crippen LogP contribution in [0.2, 0.25) is 0 Å². The first kappa shape index (κ1) is 14.4. The first-order valence-electron chi connectivity index (χ1n) is 7.39. The highest BCUT2D eigenvalue weighted by Crippen LogP contribution is 2.25. The largest absolute Gasteiger partial charge is 0.338 e. The molecule has 0 radical (unpaired) electrons. The van der Waals surface area contributed by atoms with Crippen LogP contribution in [0, 0.1) is 6.92 Å². The van der Waals surface area contributed by atoms with Gasteiger partial charge in [-0.3, -0.25) is 9.59 Å². The molecule has 1 aliphatic rings. The lowest BCUT2D eigenvalue weighted by Crippen LogP contribution is -2.39. The Morgan fingerprint density at radius 2 is 2.27 bits per heavy atom. The van der Waals surface area contributed by atoms with E-state index in [1.807, 2.05) is 11.0 Å². The quantitative estimate of drug-likeness (QED) is 0.911. The molecule has 0 aromatic carbocycles. The molecule has 0 saturated carbocycles. The summed E-state index contributed by atoms with van der Waals surface area (Å²) in [6.45, 7) is 3.12. The van der Waals surface area contributed by atoms with E-state index in [1.165, 1.54) is 12.4 Å². The number of aryl methyl sites for hydroxylation is 1. The SMILES string of the molecule is Cc1cc(C(=O)N2CCCC(c3ccncn3)C2)cc(=O)[nH]1. The highest BCUT2D eigenvalue weighted by Gasteiger charge is 2.26. The van der Waals surface area contributed by atoms with E-state index in [2.05, 4.69) is 15.0 Å². The number of pyridine rings is 1. The average molecular weight is 298 g/mol. The van der Waals surface area contributed by atoms with Gasteiger partial charge in [0.05, 0.1) is 0 Å². The summed E-state index contributed by atoms with van der Waals surface area (Å²) in [7, 11) is 0. The Labute approximate surface area is 128 Å². The van der Waals surface area contributed by atoms with Crippen LogP contribution in [0.1, 0.15) is 40.5 Å². The van der Waals surface area contributed by atoms with Crippen LogP contribution in [-0.4, -0.2) is 38.8 Å². The van der Waals surface area contributed by atoms with Crippen LogP contribution < -0.4 is 5.56 Å². The van der Waals surface area contributed by atoms with Crippen molar-refractivity contribution in [1.29, 1.82) is 0 Å². The third kappa shape index (κ3) is 3.05. The van der Waals surface area contributed by atoms with Crippen molar-refractivity contribution >= 4 is 5.91 Å². The standard InChI is InChI=1S/C16H18N4O2/c1-11-7-13(8-15(21)19-11)16(22)20-6-2-3-12(9-20)14-4-5-17-10-18-14/h4-5,7-8,10,12H,2-3,6,9H2,1H3,(H,19,21). The van der Waals surface area contributed by atoms with Crippen LogP contribution in [-0.2, 0) is 0 Å². The number of carbonyl (C=O) groups is 1. The Kier molecular flexibility index (Phi) is 4.00. The van der Waals surface area contributed by atoms with Gasteiger partial charge in [0.25, 0.3) is 5.91 Å². The summed E-state index contributed by atoms with van der Waals surface area (Å²) in [5.74, 6) is 0.136. The van der Waals surface area contributed by atoms with Gasteiger partial charge in [-0.25, -0.2) is 9.97 Å². The van der Waals surface area contributed by atoms with E-state index in [0.29, 0.717) is 24.3 Å². The molecular formula is C16H18N4O2. The van der Waals surface area contributed by atoms with Crippen LogP contribution in [0.25, 0.3) is 0 Å². The molecule has 1 unspecified atom stereocenters. The number of rotatable bonds is 2. The van der Waals surface area contributed by atoms with Crippen molar-refractivity contribution in [3.63, 3.8) is 0 Å². The van der Waals surface area contributed by atoms with Crippen molar-refractivity contribution in [3.05, 3.63) is 58.0 Å². The minimum Gasteiger partial charge on any atom is -0.338 e. The maximum absolute atomic E-state index is 12.6. The van der Waals surface area contributed by atoms with E-state index in [0.717, 1.165) is 18.5 Å². The molecule has 1 fully saturated rings. The number of aromatic amines is 1. The van der Waals surface area contributed by atoms with Crippen LogP contribution in [0.15, 0.2) is 35.5 Å². The molecule has 6 heteroatoms. The minimum absolute atomic E-state index is 0.0899. The molecule has 1 amide bonds. The van der Waals surface area contributed by atoms with Gasteiger partial charge in [-0.1, -0.05) is 0 Å². The maximum Gasteiger partial charge on any atom is 0.254 e. The molecule has 1 N–H and O–H groups in total. The van der Waals surface area contributed by atoms with Crippen molar-refractivity contribution in [2.45, 2.75) is 25.7 Å². The number of amides is 1. The Balaban J connectivity index is 1.79. The van der Waals surface area contributed by atoms with E-state index >= 15 is 0 Å². The Hall–Kier alpha value is -2.50. The van der Waals surface area contributed by atoms with Crippen LogP contribution in [0.5, 0.6) is 0 Å². The van der Waals surface area contributed by atoms with Crippen LogP contribution in [0.3, 0.4) is 0 Å². The number of likely N-dealkylation sites (tertiary alicyclic amines) is 1. The Bertz CT molecular complexity index is 726. The maximum atomic E-state index is 12.6. The summed E-state index contributed by atoms with van der Waals surface area (Å²) < 4.78 is 0. The van der Waals surface area contributed by atoms with Gasteiger partial charge >= 0.3 is 0 Å². The van der Waals surface area contributed by atoms with Gasteiger partial charge in [0.15, 0.2) is 0 Å². The molecule has 0 spiro atoms. The van der Waals surface area contributed by atoms with Crippen LogP contribution >= 0.6 is 0 Å². The van der Waals surface area contributed by atoms with Crippen molar-refractivity contribution in [2.24, 2.45) is 0 Å². The molecule has 114 valence electrons. The zero-order valence-electron chi connectivity index (χ0n) is 12.5. The predicted octanol–water partition coefficient (Wildman–Crippen LogP) is 1.49. The fourth-order valence-corrected chi connectivity index (χ4v) is 2.93. The van der Waals surface area contributed by atoms with E-state index in [-0.39, 0.29) is 17.4 Å². The summed E-state index contributed by atoms with van der Waals surface area (Å²) in [6.07, 6.45) is 5.21. The summed E-state index contributed by atoms with van der Waals surface area (Å²) in [6, 6.07) is 4.98. The lowest BCUT2D eigenvalue weighted by molar-refractivity contribution is 0.0705. The van der Waals surface area contributed by atoms with Gasteiger partial charge in [-0.15, -0.1) is 0 Å². The number of nitrogens with zero attached hydrogens (tertiary/aromatic N) is 3. The zero-order valence-corrected chi connectivity index (χ0v) is 12.5. The number of hydrogen-bond donors (Lipinski definition) is 1. The fraction of sp³-hybridized carbons (Fsp3) is 0.375. The minimum atomic E-state index is -0.243. The molecule has 1 saturated heterocycles.